The van der Waals surface area contributed by atoms with Gasteiger partial charge in [-0.05, 0) is 37.1 Å². The second-order valence-electron chi connectivity index (χ2n) is 6.51. The van der Waals surface area contributed by atoms with Crippen LogP contribution in [0.4, 0.5) is 0 Å². The van der Waals surface area contributed by atoms with Crippen molar-refractivity contribution in [1.82, 2.24) is 9.55 Å². The van der Waals surface area contributed by atoms with E-state index in [1.807, 2.05) is 44.2 Å². The Balaban J connectivity index is 1.85. The van der Waals surface area contributed by atoms with Crippen molar-refractivity contribution in [3.8, 4) is 0 Å². The largest absolute Gasteiger partial charge is 0.291 e. The van der Waals surface area contributed by atoms with Gasteiger partial charge < -0.3 is 0 Å². The smallest absolute Gasteiger partial charge is 0.257 e. The van der Waals surface area contributed by atoms with E-state index in [0.717, 1.165) is 22.4 Å². The van der Waals surface area contributed by atoms with Crippen molar-refractivity contribution in [3.05, 3.63) is 90.8 Å². The Labute approximate surface area is 173 Å². The molecule has 0 unspecified atom stereocenters. The maximum absolute atomic E-state index is 12.9. The number of halogens is 2. The molecule has 0 atom stereocenters. The van der Waals surface area contributed by atoms with Crippen LogP contribution >= 0.6 is 35.0 Å². The molecule has 2 aromatic carbocycles. The van der Waals surface area contributed by atoms with Gasteiger partial charge >= 0.3 is 0 Å². The Morgan fingerprint density at radius 3 is 2.59 bits per heavy atom. The summed E-state index contributed by atoms with van der Waals surface area (Å²) in [6, 6.07) is 13.6. The number of hydrogen-bond donors (Lipinski definition) is 0. The first-order chi connectivity index (χ1) is 12.8. The van der Waals surface area contributed by atoms with Crippen molar-refractivity contribution in [2.75, 3.05) is 0 Å². The quantitative estimate of drug-likeness (QED) is 0.400. The molecule has 0 aliphatic heterocycles. The van der Waals surface area contributed by atoms with Crippen LogP contribution in [0.5, 0.6) is 0 Å². The van der Waals surface area contributed by atoms with Crippen LogP contribution in [-0.2, 0) is 19.2 Å². The molecule has 0 amide bonds. The summed E-state index contributed by atoms with van der Waals surface area (Å²) in [5.41, 5.74) is 4.75. The molecule has 0 N–H and O–H groups in total. The summed E-state index contributed by atoms with van der Waals surface area (Å²) >= 11 is 13.7. The fraction of sp³-hybridized carbons (Fsp3) is 0.238. The Hall–Kier alpha value is -1.75. The molecular formula is C21H20Cl2N2OS. The van der Waals surface area contributed by atoms with Gasteiger partial charge in [0.15, 0.2) is 5.16 Å². The highest BCUT2D eigenvalue weighted by molar-refractivity contribution is 7.98. The number of aryl methyl sites for hydroxylation is 2. The predicted molar refractivity (Wildman–Crippen MR) is 114 cm³/mol. The SMILES string of the molecule is Cc1cccc(Cc2c(C)nc(SCc3ccc(Cl)cc3Cl)n(C)c2=O)c1. The summed E-state index contributed by atoms with van der Waals surface area (Å²) in [5.74, 6) is 0.618. The van der Waals surface area contributed by atoms with Crippen LogP contribution in [0.2, 0.25) is 10.0 Å². The summed E-state index contributed by atoms with van der Waals surface area (Å²) < 4.78 is 1.62. The standard InChI is InChI=1S/C21H20Cl2N2OS/c1-13-5-4-6-15(9-13)10-18-14(2)24-21(25(3)20(18)26)27-12-16-7-8-17(22)11-19(16)23/h4-9,11H,10,12H2,1-3H3. The fourth-order valence-electron chi connectivity index (χ4n) is 2.87. The number of aromatic nitrogens is 2. The maximum atomic E-state index is 12.9. The maximum Gasteiger partial charge on any atom is 0.257 e. The van der Waals surface area contributed by atoms with E-state index in [2.05, 4.69) is 11.1 Å². The van der Waals surface area contributed by atoms with Gasteiger partial charge in [0.2, 0.25) is 0 Å². The minimum Gasteiger partial charge on any atom is -0.291 e. The number of nitrogens with zero attached hydrogens (tertiary/aromatic N) is 2. The van der Waals surface area contributed by atoms with Crippen molar-refractivity contribution >= 4 is 35.0 Å². The molecule has 0 saturated carbocycles. The monoisotopic (exact) mass is 418 g/mol. The molecular weight excluding hydrogens is 399 g/mol. The zero-order chi connectivity index (χ0) is 19.6. The van der Waals surface area contributed by atoms with Crippen LogP contribution in [-0.4, -0.2) is 9.55 Å². The second-order valence-corrected chi connectivity index (χ2v) is 8.30. The van der Waals surface area contributed by atoms with Crippen LogP contribution in [0.25, 0.3) is 0 Å². The number of benzene rings is 2. The molecule has 0 spiro atoms. The van der Waals surface area contributed by atoms with Gasteiger partial charge in [-0.15, -0.1) is 0 Å². The third-order valence-corrected chi connectivity index (χ3v) is 6.05. The Kier molecular flexibility index (Phi) is 6.30. The third kappa shape index (κ3) is 4.75. The molecule has 0 radical (unpaired) electrons. The highest BCUT2D eigenvalue weighted by Crippen LogP contribution is 2.27. The summed E-state index contributed by atoms with van der Waals surface area (Å²) in [7, 11) is 1.76. The van der Waals surface area contributed by atoms with Crippen molar-refractivity contribution < 1.29 is 0 Å². The lowest BCUT2D eigenvalue weighted by atomic mass is 10.0. The minimum atomic E-state index is -0.00582. The average Bonchev–Trinajstić information content (AvgIpc) is 2.62. The molecule has 0 aliphatic carbocycles. The average molecular weight is 419 g/mol. The first kappa shape index (κ1) is 20.0. The van der Waals surface area contributed by atoms with Gasteiger partial charge in [0.05, 0.1) is 0 Å². The molecule has 27 heavy (non-hydrogen) atoms. The molecule has 3 aromatic rings. The lowest BCUT2D eigenvalue weighted by Gasteiger charge is -2.13. The summed E-state index contributed by atoms with van der Waals surface area (Å²) in [5, 5.41) is 1.90. The number of hydrogen-bond acceptors (Lipinski definition) is 3. The van der Waals surface area contributed by atoms with Gasteiger partial charge in [-0.25, -0.2) is 4.98 Å². The molecule has 1 aromatic heterocycles. The molecule has 0 fully saturated rings. The molecule has 0 aliphatic rings. The molecule has 3 rings (SSSR count). The Morgan fingerprint density at radius 1 is 1.11 bits per heavy atom. The van der Waals surface area contributed by atoms with Gasteiger partial charge in [-0.1, -0.05) is 70.9 Å². The Morgan fingerprint density at radius 2 is 1.89 bits per heavy atom. The molecule has 0 bridgehead atoms. The highest BCUT2D eigenvalue weighted by Gasteiger charge is 2.14. The van der Waals surface area contributed by atoms with Gasteiger partial charge in [-0.2, -0.15) is 0 Å². The van der Waals surface area contributed by atoms with E-state index in [-0.39, 0.29) is 5.56 Å². The van der Waals surface area contributed by atoms with E-state index in [0.29, 0.717) is 27.4 Å². The summed E-state index contributed by atoms with van der Waals surface area (Å²) in [6.45, 7) is 3.94. The summed E-state index contributed by atoms with van der Waals surface area (Å²) in [6.07, 6.45) is 0.584. The molecule has 1 heterocycles. The molecule has 3 nitrogen and oxygen atoms in total. The van der Waals surface area contributed by atoms with Crippen LogP contribution in [0.3, 0.4) is 0 Å². The number of thioether (sulfide) groups is 1. The van der Waals surface area contributed by atoms with E-state index >= 15 is 0 Å². The first-order valence-electron chi connectivity index (χ1n) is 8.54. The number of rotatable bonds is 5. The summed E-state index contributed by atoms with van der Waals surface area (Å²) in [4.78, 5) is 17.6. The normalized spacial score (nSPS) is 11.0. The van der Waals surface area contributed by atoms with Crippen molar-refractivity contribution in [2.24, 2.45) is 7.05 Å². The van der Waals surface area contributed by atoms with Crippen LogP contribution in [0.15, 0.2) is 52.4 Å². The third-order valence-electron chi connectivity index (χ3n) is 4.39. The van der Waals surface area contributed by atoms with Gasteiger partial charge in [0, 0.05) is 40.5 Å². The first-order valence-corrected chi connectivity index (χ1v) is 10.3. The predicted octanol–water partition coefficient (Wildman–Crippen LogP) is 5.59. The van der Waals surface area contributed by atoms with Crippen LogP contribution in [0.1, 0.15) is 27.9 Å². The molecule has 140 valence electrons. The second kappa shape index (κ2) is 8.51. The topological polar surface area (TPSA) is 34.9 Å². The minimum absolute atomic E-state index is 0.00582. The van der Waals surface area contributed by atoms with Crippen LogP contribution in [0, 0.1) is 13.8 Å². The van der Waals surface area contributed by atoms with E-state index in [9.17, 15) is 4.79 Å². The Bertz CT molecular complexity index is 1050. The van der Waals surface area contributed by atoms with E-state index < -0.39 is 0 Å². The molecule has 0 saturated heterocycles. The van der Waals surface area contributed by atoms with E-state index in [1.54, 1.807) is 17.7 Å². The van der Waals surface area contributed by atoms with E-state index in [4.69, 9.17) is 23.2 Å². The van der Waals surface area contributed by atoms with Crippen molar-refractivity contribution in [3.63, 3.8) is 0 Å². The van der Waals surface area contributed by atoms with Crippen molar-refractivity contribution in [1.29, 1.82) is 0 Å². The zero-order valence-corrected chi connectivity index (χ0v) is 17.8. The molecule has 6 heteroatoms. The lowest BCUT2D eigenvalue weighted by molar-refractivity contribution is 0.683. The lowest BCUT2D eigenvalue weighted by Crippen LogP contribution is -2.25. The van der Waals surface area contributed by atoms with Gasteiger partial charge in [-0.3, -0.25) is 9.36 Å². The van der Waals surface area contributed by atoms with Crippen molar-refractivity contribution in [2.45, 2.75) is 31.2 Å². The fourth-order valence-corrected chi connectivity index (χ4v) is 4.44. The van der Waals surface area contributed by atoms with Gasteiger partial charge in [0.1, 0.15) is 0 Å². The van der Waals surface area contributed by atoms with Gasteiger partial charge in [0.25, 0.3) is 5.56 Å². The zero-order valence-electron chi connectivity index (χ0n) is 15.4. The highest BCUT2D eigenvalue weighted by atomic mass is 35.5. The van der Waals surface area contributed by atoms with E-state index in [1.165, 1.54) is 17.3 Å². The van der Waals surface area contributed by atoms with Crippen LogP contribution < -0.4 is 5.56 Å².